The van der Waals surface area contributed by atoms with Crippen LogP contribution in [0.15, 0.2) is 23.7 Å². The molecule has 0 saturated heterocycles. The van der Waals surface area contributed by atoms with Crippen LogP contribution in [0.5, 0.6) is 5.88 Å². The van der Waals surface area contributed by atoms with Gasteiger partial charge < -0.3 is 9.64 Å². The van der Waals surface area contributed by atoms with Crippen LogP contribution < -0.4 is 9.64 Å². The molecule has 4 nitrogen and oxygen atoms in total. The standard InChI is InChI=1S/C13H15N3OS/c1-9-10-5-8-18-11(10)4-7-16(9)13-14-6-3-12(15-13)17-2/h3,5-6,8-9H,4,7H2,1-2H3. The fourth-order valence-corrected chi connectivity index (χ4v) is 3.33. The van der Waals surface area contributed by atoms with E-state index in [2.05, 4.69) is 33.2 Å². The van der Waals surface area contributed by atoms with E-state index in [0.717, 1.165) is 18.9 Å². The number of hydrogen-bond acceptors (Lipinski definition) is 5. The van der Waals surface area contributed by atoms with Crippen LogP contribution in [0.2, 0.25) is 0 Å². The van der Waals surface area contributed by atoms with Crippen molar-refractivity contribution in [1.29, 1.82) is 0 Å². The molecule has 0 radical (unpaired) electrons. The Balaban J connectivity index is 1.94. The lowest BCUT2D eigenvalue weighted by Gasteiger charge is -2.33. The molecule has 1 atom stereocenters. The number of hydrogen-bond donors (Lipinski definition) is 0. The second-order valence-electron chi connectivity index (χ2n) is 4.32. The maximum atomic E-state index is 5.16. The lowest BCUT2D eigenvalue weighted by atomic mass is 10.0. The third-order valence-corrected chi connectivity index (χ3v) is 4.36. The molecule has 94 valence electrons. The molecular weight excluding hydrogens is 246 g/mol. The van der Waals surface area contributed by atoms with Gasteiger partial charge in [0.2, 0.25) is 11.8 Å². The molecule has 1 aliphatic rings. The van der Waals surface area contributed by atoms with Gasteiger partial charge in [-0.2, -0.15) is 4.98 Å². The monoisotopic (exact) mass is 261 g/mol. The Morgan fingerprint density at radius 1 is 1.44 bits per heavy atom. The molecule has 2 aromatic rings. The van der Waals surface area contributed by atoms with E-state index in [4.69, 9.17) is 4.74 Å². The summed E-state index contributed by atoms with van der Waals surface area (Å²) in [7, 11) is 1.63. The van der Waals surface area contributed by atoms with E-state index >= 15 is 0 Å². The first-order valence-corrected chi connectivity index (χ1v) is 6.87. The predicted molar refractivity (Wildman–Crippen MR) is 72.4 cm³/mol. The minimum absolute atomic E-state index is 0.326. The summed E-state index contributed by atoms with van der Waals surface area (Å²) >= 11 is 1.84. The second kappa shape index (κ2) is 4.57. The molecule has 0 N–H and O–H groups in total. The number of aromatic nitrogens is 2. The number of methoxy groups -OCH3 is 1. The van der Waals surface area contributed by atoms with Gasteiger partial charge in [0.05, 0.1) is 13.2 Å². The molecule has 0 fully saturated rings. The van der Waals surface area contributed by atoms with Gasteiger partial charge in [-0.15, -0.1) is 11.3 Å². The number of thiophene rings is 1. The molecule has 0 amide bonds. The number of ether oxygens (including phenoxy) is 1. The Labute approximate surface area is 110 Å². The highest BCUT2D eigenvalue weighted by molar-refractivity contribution is 7.10. The highest BCUT2D eigenvalue weighted by atomic mass is 32.1. The summed E-state index contributed by atoms with van der Waals surface area (Å²) in [4.78, 5) is 12.5. The van der Waals surface area contributed by atoms with Gasteiger partial charge >= 0.3 is 0 Å². The van der Waals surface area contributed by atoms with Gasteiger partial charge in [0.15, 0.2) is 0 Å². The Kier molecular flexibility index (Phi) is 2.91. The second-order valence-corrected chi connectivity index (χ2v) is 5.32. The van der Waals surface area contributed by atoms with Gasteiger partial charge in [-0.3, -0.25) is 0 Å². The Hall–Kier alpha value is -1.62. The largest absolute Gasteiger partial charge is 0.481 e. The lowest BCUT2D eigenvalue weighted by molar-refractivity contribution is 0.396. The maximum Gasteiger partial charge on any atom is 0.229 e. The molecule has 2 aromatic heterocycles. The Morgan fingerprint density at radius 3 is 3.17 bits per heavy atom. The van der Waals surface area contributed by atoms with E-state index in [1.54, 1.807) is 19.4 Å². The lowest BCUT2D eigenvalue weighted by Crippen LogP contribution is -2.34. The summed E-state index contributed by atoms with van der Waals surface area (Å²) in [5.41, 5.74) is 1.40. The molecule has 0 aromatic carbocycles. The normalized spacial score (nSPS) is 18.6. The van der Waals surface area contributed by atoms with Gasteiger partial charge in [0.25, 0.3) is 0 Å². The van der Waals surface area contributed by atoms with Crippen molar-refractivity contribution in [2.24, 2.45) is 0 Å². The minimum Gasteiger partial charge on any atom is -0.481 e. The zero-order chi connectivity index (χ0) is 12.5. The van der Waals surface area contributed by atoms with E-state index < -0.39 is 0 Å². The molecule has 0 bridgehead atoms. The van der Waals surface area contributed by atoms with Crippen LogP contribution in [0.3, 0.4) is 0 Å². The zero-order valence-corrected chi connectivity index (χ0v) is 11.3. The average molecular weight is 261 g/mol. The van der Waals surface area contributed by atoms with Crippen molar-refractivity contribution in [3.63, 3.8) is 0 Å². The molecule has 0 saturated carbocycles. The molecule has 0 aliphatic carbocycles. The molecule has 18 heavy (non-hydrogen) atoms. The van der Waals surface area contributed by atoms with Crippen LogP contribution in [0.25, 0.3) is 0 Å². The van der Waals surface area contributed by atoms with Crippen LogP contribution in [-0.2, 0) is 6.42 Å². The van der Waals surface area contributed by atoms with Gasteiger partial charge in [0, 0.05) is 23.7 Å². The summed E-state index contributed by atoms with van der Waals surface area (Å²) in [6.45, 7) is 3.16. The van der Waals surface area contributed by atoms with Crippen molar-refractivity contribution in [3.05, 3.63) is 34.2 Å². The average Bonchev–Trinajstić information content (AvgIpc) is 2.88. The summed E-state index contributed by atoms with van der Waals surface area (Å²) in [6.07, 6.45) is 2.81. The van der Waals surface area contributed by atoms with Crippen molar-refractivity contribution in [2.75, 3.05) is 18.6 Å². The number of nitrogens with zero attached hydrogens (tertiary/aromatic N) is 3. The smallest absolute Gasteiger partial charge is 0.229 e. The third-order valence-electron chi connectivity index (χ3n) is 3.36. The van der Waals surface area contributed by atoms with E-state index in [1.165, 1.54) is 10.4 Å². The van der Waals surface area contributed by atoms with Crippen molar-refractivity contribution >= 4 is 17.3 Å². The number of fused-ring (bicyclic) bond motifs is 1. The number of anilines is 1. The summed E-state index contributed by atoms with van der Waals surface area (Å²) in [5.74, 6) is 1.36. The van der Waals surface area contributed by atoms with E-state index in [9.17, 15) is 0 Å². The van der Waals surface area contributed by atoms with Crippen molar-refractivity contribution in [1.82, 2.24) is 9.97 Å². The van der Waals surface area contributed by atoms with E-state index in [1.807, 2.05) is 11.3 Å². The fourth-order valence-electron chi connectivity index (χ4n) is 2.37. The van der Waals surface area contributed by atoms with Crippen molar-refractivity contribution < 1.29 is 4.74 Å². The predicted octanol–water partition coefficient (Wildman–Crippen LogP) is 2.67. The zero-order valence-electron chi connectivity index (χ0n) is 10.5. The summed E-state index contributed by atoms with van der Waals surface area (Å²) in [6, 6.07) is 4.30. The van der Waals surface area contributed by atoms with Gasteiger partial charge in [-0.05, 0) is 30.4 Å². The Morgan fingerprint density at radius 2 is 2.33 bits per heavy atom. The van der Waals surface area contributed by atoms with Crippen LogP contribution in [0.4, 0.5) is 5.95 Å². The van der Waals surface area contributed by atoms with Crippen LogP contribution in [-0.4, -0.2) is 23.6 Å². The first-order chi connectivity index (χ1) is 8.79. The van der Waals surface area contributed by atoms with Crippen LogP contribution >= 0.6 is 11.3 Å². The SMILES string of the molecule is COc1ccnc(N2CCc3sccc3C2C)n1. The quantitative estimate of drug-likeness (QED) is 0.833. The molecule has 5 heteroatoms. The molecule has 1 unspecified atom stereocenters. The van der Waals surface area contributed by atoms with E-state index in [0.29, 0.717) is 11.9 Å². The minimum atomic E-state index is 0.326. The fraction of sp³-hybridized carbons (Fsp3) is 0.385. The maximum absolute atomic E-state index is 5.16. The van der Waals surface area contributed by atoms with Crippen LogP contribution in [0.1, 0.15) is 23.4 Å². The highest BCUT2D eigenvalue weighted by Crippen LogP contribution is 2.34. The first-order valence-electron chi connectivity index (χ1n) is 5.99. The highest BCUT2D eigenvalue weighted by Gasteiger charge is 2.26. The van der Waals surface area contributed by atoms with Gasteiger partial charge in [0.1, 0.15) is 0 Å². The molecule has 3 heterocycles. The molecular formula is C13H15N3OS. The summed E-state index contributed by atoms with van der Waals surface area (Å²) in [5, 5.41) is 2.16. The molecule has 3 rings (SSSR count). The third kappa shape index (κ3) is 1.84. The summed E-state index contributed by atoms with van der Waals surface area (Å²) < 4.78 is 5.16. The van der Waals surface area contributed by atoms with Gasteiger partial charge in [-0.1, -0.05) is 0 Å². The molecule has 1 aliphatic heterocycles. The topological polar surface area (TPSA) is 38.2 Å². The van der Waals surface area contributed by atoms with Gasteiger partial charge in [-0.25, -0.2) is 4.98 Å². The van der Waals surface area contributed by atoms with Crippen molar-refractivity contribution in [3.8, 4) is 5.88 Å². The molecule has 0 spiro atoms. The first kappa shape index (κ1) is 11.5. The van der Waals surface area contributed by atoms with Crippen LogP contribution in [0, 0.1) is 0 Å². The van der Waals surface area contributed by atoms with E-state index in [-0.39, 0.29) is 0 Å². The Bertz CT molecular complexity index is 555. The van der Waals surface area contributed by atoms with Crippen molar-refractivity contribution in [2.45, 2.75) is 19.4 Å². The number of rotatable bonds is 2.